The Kier molecular flexibility index (Phi) is 2.75. The summed E-state index contributed by atoms with van der Waals surface area (Å²) in [4.78, 5) is 10.8. The minimum absolute atomic E-state index is 0.165. The number of aromatic nitrogens is 2. The summed E-state index contributed by atoms with van der Waals surface area (Å²) in [6.07, 6.45) is 6.13. The predicted octanol–water partition coefficient (Wildman–Crippen LogP) is 2.17. The van der Waals surface area contributed by atoms with Crippen molar-refractivity contribution in [3.8, 4) is 0 Å². The Bertz CT molecular complexity index is 365. The minimum atomic E-state index is -0.937. The number of aromatic carboxylic acids is 1. The number of hydrogen-bond acceptors (Lipinski definition) is 2. The Morgan fingerprint density at radius 3 is 2.67 bits per heavy atom. The molecule has 1 aliphatic carbocycles. The topological polar surface area (TPSA) is 55.1 Å². The van der Waals surface area contributed by atoms with Crippen molar-refractivity contribution in [3.05, 3.63) is 17.5 Å². The predicted molar refractivity (Wildman–Crippen MR) is 56.0 cm³/mol. The van der Waals surface area contributed by atoms with E-state index in [0.29, 0.717) is 5.92 Å². The van der Waals surface area contributed by atoms with Gasteiger partial charge in [-0.15, -0.1) is 0 Å². The number of carbonyl (C=O) groups is 1. The van der Waals surface area contributed by atoms with Crippen LogP contribution < -0.4 is 0 Å². The molecule has 1 saturated carbocycles. The fraction of sp³-hybridized carbons (Fsp3) is 0.636. The van der Waals surface area contributed by atoms with E-state index in [9.17, 15) is 4.79 Å². The summed E-state index contributed by atoms with van der Waals surface area (Å²) in [5, 5.41) is 12.8. The van der Waals surface area contributed by atoms with Crippen LogP contribution >= 0.6 is 0 Å². The van der Waals surface area contributed by atoms with Gasteiger partial charge in [0.05, 0.1) is 0 Å². The zero-order valence-corrected chi connectivity index (χ0v) is 8.94. The van der Waals surface area contributed by atoms with Crippen LogP contribution in [0.2, 0.25) is 0 Å². The van der Waals surface area contributed by atoms with Gasteiger partial charge in [0.25, 0.3) is 0 Å². The highest BCUT2D eigenvalue weighted by Crippen LogP contribution is 2.32. The molecular weight excluding hydrogens is 192 g/mol. The van der Waals surface area contributed by atoms with Crippen molar-refractivity contribution in [2.24, 2.45) is 7.05 Å². The average Bonchev–Trinajstić information content (AvgIpc) is 2.62. The van der Waals surface area contributed by atoms with Crippen LogP contribution in [0.5, 0.6) is 0 Å². The summed E-state index contributed by atoms with van der Waals surface area (Å²) >= 11 is 0. The third-order valence-corrected chi connectivity index (χ3v) is 3.16. The Morgan fingerprint density at radius 1 is 1.47 bits per heavy atom. The van der Waals surface area contributed by atoms with E-state index in [1.165, 1.54) is 32.1 Å². The van der Waals surface area contributed by atoms with Crippen LogP contribution in [0, 0.1) is 0 Å². The van der Waals surface area contributed by atoms with Crippen LogP contribution in [0.25, 0.3) is 0 Å². The first-order chi connectivity index (χ1) is 7.18. The number of rotatable bonds is 2. The molecule has 1 fully saturated rings. The van der Waals surface area contributed by atoms with Crippen LogP contribution in [-0.2, 0) is 7.05 Å². The van der Waals surface area contributed by atoms with Crippen molar-refractivity contribution in [2.75, 3.05) is 0 Å². The molecule has 0 aliphatic heterocycles. The van der Waals surface area contributed by atoms with Gasteiger partial charge < -0.3 is 5.11 Å². The first kappa shape index (κ1) is 10.2. The maximum atomic E-state index is 10.8. The van der Waals surface area contributed by atoms with Crippen molar-refractivity contribution < 1.29 is 9.90 Å². The third kappa shape index (κ3) is 2.03. The molecule has 0 unspecified atom stereocenters. The summed E-state index contributed by atoms with van der Waals surface area (Å²) in [5.41, 5.74) is 1.24. The summed E-state index contributed by atoms with van der Waals surface area (Å²) in [6, 6.07) is 1.72. The van der Waals surface area contributed by atoms with Crippen LogP contribution in [0.15, 0.2) is 6.07 Å². The van der Waals surface area contributed by atoms with Gasteiger partial charge in [0, 0.05) is 18.7 Å². The normalized spacial score (nSPS) is 17.9. The van der Waals surface area contributed by atoms with Crippen molar-refractivity contribution in [2.45, 2.75) is 38.0 Å². The fourth-order valence-corrected chi connectivity index (χ4v) is 2.37. The molecule has 15 heavy (non-hydrogen) atoms. The molecule has 1 aromatic heterocycles. The highest BCUT2D eigenvalue weighted by atomic mass is 16.4. The Hall–Kier alpha value is -1.32. The molecule has 1 N–H and O–H groups in total. The van der Waals surface area contributed by atoms with Gasteiger partial charge in [0.2, 0.25) is 0 Å². The maximum Gasteiger partial charge on any atom is 0.356 e. The van der Waals surface area contributed by atoms with Crippen molar-refractivity contribution >= 4 is 5.97 Å². The second kappa shape index (κ2) is 4.04. The van der Waals surface area contributed by atoms with Crippen LogP contribution in [0.3, 0.4) is 0 Å². The van der Waals surface area contributed by atoms with Gasteiger partial charge in [-0.05, 0) is 18.9 Å². The summed E-state index contributed by atoms with van der Waals surface area (Å²) in [5.74, 6) is -0.433. The second-order valence-electron chi connectivity index (χ2n) is 4.22. The van der Waals surface area contributed by atoms with Crippen LogP contribution in [-0.4, -0.2) is 20.9 Å². The molecule has 0 aromatic carbocycles. The van der Waals surface area contributed by atoms with E-state index in [1.807, 2.05) is 7.05 Å². The van der Waals surface area contributed by atoms with E-state index < -0.39 is 5.97 Å². The van der Waals surface area contributed by atoms with Gasteiger partial charge in [-0.25, -0.2) is 4.79 Å². The molecular formula is C11H16N2O2. The molecule has 2 rings (SSSR count). The SMILES string of the molecule is Cn1nc(C(=O)O)cc1C1CCCCC1. The molecule has 4 heteroatoms. The lowest BCUT2D eigenvalue weighted by Gasteiger charge is -2.21. The Labute approximate surface area is 88.9 Å². The monoisotopic (exact) mass is 208 g/mol. The largest absolute Gasteiger partial charge is 0.476 e. The van der Waals surface area contributed by atoms with Gasteiger partial charge in [0.15, 0.2) is 5.69 Å². The molecule has 1 aromatic rings. The number of aryl methyl sites for hydroxylation is 1. The molecule has 0 saturated heterocycles. The zero-order chi connectivity index (χ0) is 10.8. The second-order valence-corrected chi connectivity index (χ2v) is 4.22. The lowest BCUT2D eigenvalue weighted by molar-refractivity contribution is 0.0689. The molecule has 1 heterocycles. The standard InChI is InChI=1S/C11H16N2O2/c1-13-10(7-9(12-13)11(14)15)8-5-3-2-4-6-8/h7-8H,2-6H2,1H3,(H,14,15). The molecule has 1 aliphatic rings. The van der Waals surface area contributed by atoms with Gasteiger partial charge in [-0.2, -0.15) is 5.10 Å². The zero-order valence-electron chi connectivity index (χ0n) is 8.94. The van der Waals surface area contributed by atoms with Gasteiger partial charge >= 0.3 is 5.97 Å². The highest BCUT2D eigenvalue weighted by molar-refractivity contribution is 5.85. The van der Waals surface area contributed by atoms with Gasteiger partial charge in [0.1, 0.15) is 0 Å². The molecule has 4 nitrogen and oxygen atoms in total. The van der Waals surface area contributed by atoms with Crippen LogP contribution in [0.1, 0.15) is 54.2 Å². The van der Waals surface area contributed by atoms with Gasteiger partial charge in [-0.1, -0.05) is 19.3 Å². The molecule has 0 atom stereocenters. The molecule has 0 spiro atoms. The smallest absolute Gasteiger partial charge is 0.356 e. The first-order valence-corrected chi connectivity index (χ1v) is 5.45. The van der Waals surface area contributed by atoms with Crippen molar-refractivity contribution in [1.82, 2.24) is 9.78 Å². The average molecular weight is 208 g/mol. The highest BCUT2D eigenvalue weighted by Gasteiger charge is 2.21. The van der Waals surface area contributed by atoms with Crippen molar-refractivity contribution in [3.63, 3.8) is 0 Å². The van der Waals surface area contributed by atoms with E-state index in [4.69, 9.17) is 5.11 Å². The molecule has 82 valence electrons. The molecule has 0 radical (unpaired) electrons. The van der Waals surface area contributed by atoms with Crippen molar-refractivity contribution in [1.29, 1.82) is 0 Å². The van der Waals surface area contributed by atoms with E-state index in [2.05, 4.69) is 5.10 Å². The van der Waals surface area contributed by atoms with Gasteiger partial charge in [-0.3, -0.25) is 4.68 Å². The van der Waals surface area contributed by atoms with E-state index in [1.54, 1.807) is 10.7 Å². The number of carboxylic acids is 1. The summed E-state index contributed by atoms with van der Waals surface area (Å²) in [7, 11) is 1.83. The maximum absolute atomic E-state index is 10.8. The first-order valence-electron chi connectivity index (χ1n) is 5.45. The van der Waals surface area contributed by atoms with E-state index in [-0.39, 0.29) is 5.69 Å². The Balaban J connectivity index is 2.22. The minimum Gasteiger partial charge on any atom is -0.476 e. The number of nitrogens with zero attached hydrogens (tertiary/aromatic N) is 2. The third-order valence-electron chi connectivity index (χ3n) is 3.16. The summed E-state index contributed by atoms with van der Waals surface area (Å²) in [6.45, 7) is 0. The lowest BCUT2D eigenvalue weighted by atomic mass is 9.87. The molecule has 0 bridgehead atoms. The van der Waals surface area contributed by atoms with E-state index in [0.717, 1.165) is 5.69 Å². The molecule has 0 amide bonds. The van der Waals surface area contributed by atoms with E-state index >= 15 is 0 Å². The fourth-order valence-electron chi connectivity index (χ4n) is 2.37. The number of carboxylic acid groups (broad SMARTS) is 1. The number of hydrogen-bond donors (Lipinski definition) is 1. The van der Waals surface area contributed by atoms with Crippen LogP contribution in [0.4, 0.5) is 0 Å². The quantitative estimate of drug-likeness (QED) is 0.810. The lowest BCUT2D eigenvalue weighted by Crippen LogP contribution is -2.09. The Morgan fingerprint density at radius 2 is 2.13 bits per heavy atom. The summed E-state index contributed by atoms with van der Waals surface area (Å²) < 4.78 is 1.72.